The zero-order valence-corrected chi connectivity index (χ0v) is 11.7. The number of pyridine rings is 1. The molecule has 0 N–H and O–H groups in total. The Balaban J connectivity index is 2.11. The average molecular weight is 313 g/mol. The van der Waals surface area contributed by atoms with E-state index in [9.17, 15) is 22.8 Å². The van der Waals surface area contributed by atoms with Crippen LogP contribution in [0.4, 0.5) is 24.7 Å². The lowest BCUT2D eigenvalue weighted by Gasteiger charge is -2.29. The molecular formula is C14H14F3N3O2. The van der Waals surface area contributed by atoms with Gasteiger partial charge in [-0.15, -0.1) is 0 Å². The van der Waals surface area contributed by atoms with Gasteiger partial charge in [0.1, 0.15) is 5.69 Å². The zero-order chi connectivity index (χ0) is 15.9. The van der Waals surface area contributed by atoms with E-state index in [2.05, 4.69) is 4.98 Å². The fourth-order valence-corrected chi connectivity index (χ4v) is 2.83. The summed E-state index contributed by atoms with van der Waals surface area (Å²) >= 11 is 0. The third-order valence-corrected chi connectivity index (χ3v) is 3.93. The quantitative estimate of drug-likeness (QED) is 0.620. The Labute approximate surface area is 124 Å². The van der Waals surface area contributed by atoms with Crippen LogP contribution in [0.2, 0.25) is 0 Å². The molecule has 0 aromatic carbocycles. The summed E-state index contributed by atoms with van der Waals surface area (Å²) in [6.07, 6.45) is 2.27. The van der Waals surface area contributed by atoms with E-state index in [4.69, 9.17) is 0 Å². The predicted octanol–water partition coefficient (Wildman–Crippen LogP) is 2.14. The van der Waals surface area contributed by atoms with Crippen LogP contribution in [0.1, 0.15) is 32.1 Å². The maximum Gasteiger partial charge on any atom is 0.253 e. The molecule has 5 nitrogen and oxygen atoms in total. The molecule has 2 aliphatic heterocycles. The molecule has 2 fully saturated rings. The minimum absolute atomic E-state index is 0.138. The van der Waals surface area contributed by atoms with Crippen LogP contribution < -0.4 is 9.80 Å². The van der Waals surface area contributed by atoms with E-state index in [1.807, 2.05) is 0 Å². The van der Waals surface area contributed by atoms with Crippen LogP contribution >= 0.6 is 0 Å². The van der Waals surface area contributed by atoms with Gasteiger partial charge in [0.2, 0.25) is 17.6 Å². The normalized spacial score (nSPS) is 19.2. The van der Waals surface area contributed by atoms with Crippen LogP contribution in [0.5, 0.6) is 0 Å². The van der Waals surface area contributed by atoms with Crippen LogP contribution in [0, 0.1) is 17.6 Å². The third kappa shape index (κ3) is 2.32. The molecule has 22 heavy (non-hydrogen) atoms. The summed E-state index contributed by atoms with van der Waals surface area (Å²) in [5, 5.41) is 0. The standard InChI is InChI=1S/C14H14F3N3O2/c15-10-12(20-8(21)4-5-9(20)22)11(16)14(18-13(10)17)19-6-2-1-3-7-19/h1-7H2. The van der Waals surface area contributed by atoms with Crippen LogP contribution in [-0.2, 0) is 9.59 Å². The molecule has 0 atom stereocenters. The van der Waals surface area contributed by atoms with Gasteiger partial charge in [0, 0.05) is 25.9 Å². The lowest BCUT2D eigenvalue weighted by Crippen LogP contribution is -2.34. The van der Waals surface area contributed by atoms with Gasteiger partial charge < -0.3 is 4.90 Å². The van der Waals surface area contributed by atoms with Gasteiger partial charge in [-0.3, -0.25) is 9.59 Å². The number of rotatable bonds is 2. The lowest BCUT2D eigenvalue weighted by atomic mass is 10.1. The maximum atomic E-state index is 14.6. The lowest BCUT2D eigenvalue weighted by molar-refractivity contribution is -0.121. The molecular weight excluding hydrogens is 299 g/mol. The molecule has 0 radical (unpaired) electrons. The van der Waals surface area contributed by atoms with Crippen LogP contribution in [-0.4, -0.2) is 29.9 Å². The van der Waals surface area contributed by atoms with Crippen molar-refractivity contribution < 1.29 is 22.8 Å². The Morgan fingerprint density at radius 3 is 2.05 bits per heavy atom. The van der Waals surface area contributed by atoms with Crippen LogP contribution in [0.25, 0.3) is 0 Å². The van der Waals surface area contributed by atoms with E-state index in [0.29, 0.717) is 18.0 Å². The van der Waals surface area contributed by atoms with Gasteiger partial charge in [-0.05, 0) is 19.3 Å². The number of hydrogen-bond donors (Lipinski definition) is 0. The topological polar surface area (TPSA) is 53.5 Å². The second-order valence-corrected chi connectivity index (χ2v) is 5.37. The molecule has 118 valence electrons. The molecule has 3 heterocycles. The molecule has 0 bridgehead atoms. The van der Waals surface area contributed by atoms with E-state index >= 15 is 0 Å². The summed E-state index contributed by atoms with van der Waals surface area (Å²) in [6.45, 7) is 0.937. The first kappa shape index (κ1) is 14.8. The Morgan fingerprint density at radius 2 is 1.45 bits per heavy atom. The van der Waals surface area contributed by atoms with Crippen molar-refractivity contribution in [2.24, 2.45) is 0 Å². The fourth-order valence-electron chi connectivity index (χ4n) is 2.83. The van der Waals surface area contributed by atoms with Gasteiger partial charge in [0.25, 0.3) is 5.95 Å². The van der Waals surface area contributed by atoms with Crippen molar-refractivity contribution in [1.82, 2.24) is 4.98 Å². The maximum absolute atomic E-state index is 14.6. The first-order chi connectivity index (χ1) is 10.5. The molecule has 3 rings (SSSR count). The van der Waals surface area contributed by atoms with E-state index in [0.717, 1.165) is 19.3 Å². The van der Waals surface area contributed by atoms with Gasteiger partial charge in [-0.2, -0.15) is 13.8 Å². The number of imide groups is 1. The number of hydrogen-bond acceptors (Lipinski definition) is 4. The molecule has 0 spiro atoms. The number of carbonyl (C=O) groups excluding carboxylic acids is 2. The van der Waals surface area contributed by atoms with E-state index in [1.54, 1.807) is 0 Å². The van der Waals surface area contributed by atoms with Crippen molar-refractivity contribution in [3.63, 3.8) is 0 Å². The second-order valence-electron chi connectivity index (χ2n) is 5.37. The Bertz CT molecular complexity index is 629. The van der Waals surface area contributed by atoms with Crippen molar-refractivity contribution >= 4 is 23.3 Å². The highest BCUT2D eigenvalue weighted by atomic mass is 19.2. The van der Waals surface area contributed by atoms with Crippen molar-refractivity contribution in [1.29, 1.82) is 0 Å². The molecule has 2 amide bonds. The summed E-state index contributed by atoms with van der Waals surface area (Å²) in [7, 11) is 0. The Morgan fingerprint density at radius 1 is 0.864 bits per heavy atom. The van der Waals surface area contributed by atoms with Gasteiger partial charge >= 0.3 is 0 Å². The van der Waals surface area contributed by atoms with Crippen LogP contribution in [0.3, 0.4) is 0 Å². The molecule has 0 saturated carbocycles. The number of nitrogens with zero attached hydrogens (tertiary/aromatic N) is 3. The number of halogens is 3. The molecule has 0 aliphatic carbocycles. The molecule has 2 saturated heterocycles. The van der Waals surface area contributed by atoms with E-state index in [-0.39, 0.29) is 18.7 Å². The van der Waals surface area contributed by atoms with Gasteiger partial charge in [-0.1, -0.05) is 0 Å². The number of piperidine rings is 1. The van der Waals surface area contributed by atoms with Crippen LogP contribution in [0.15, 0.2) is 0 Å². The molecule has 0 unspecified atom stereocenters. The predicted molar refractivity (Wildman–Crippen MR) is 71.9 cm³/mol. The molecule has 1 aromatic heterocycles. The Kier molecular flexibility index (Phi) is 3.76. The third-order valence-electron chi connectivity index (χ3n) is 3.93. The second kappa shape index (κ2) is 5.58. The van der Waals surface area contributed by atoms with Crippen molar-refractivity contribution in [3.05, 3.63) is 17.6 Å². The molecule has 2 aliphatic rings. The fraction of sp³-hybridized carbons (Fsp3) is 0.500. The van der Waals surface area contributed by atoms with Gasteiger partial charge in [0.15, 0.2) is 11.6 Å². The highest BCUT2D eigenvalue weighted by Gasteiger charge is 2.37. The summed E-state index contributed by atoms with van der Waals surface area (Å²) < 4.78 is 42.4. The SMILES string of the molecule is O=C1CCC(=O)N1c1c(F)c(F)nc(N2CCCCC2)c1F. The smallest absolute Gasteiger partial charge is 0.253 e. The molecule has 8 heteroatoms. The molecule has 1 aromatic rings. The first-order valence-electron chi connectivity index (χ1n) is 7.16. The van der Waals surface area contributed by atoms with E-state index < -0.39 is 35.1 Å². The highest BCUT2D eigenvalue weighted by molar-refractivity contribution is 6.20. The van der Waals surface area contributed by atoms with Gasteiger partial charge in [0.05, 0.1) is 0 Å². The summed E-state index contributed by atoms with van der Waals surface area (Å²) in [4.78, 5) is 28.6. The summed E-state index contributed by atoms with van der Waals surface area (Å²) in [5.41, 5.74) is -0.944. The Hall–Kier alpha value is -2.12. The van der Waals surface area contributed by atoms with Crippen molar-refractivity contribution in [3.8, 4) is 0 Å². The minimum atomic E-state index is -1.61. The monoisotopic (exact) mass is 313 g/mol. The average Bonchev–Trinajstić information content (AvgIpc) is 2.84. The largest absolute Gasteiger partial charge is 0.354 e. The summed E-state index contributed by atoms with van der Waals surface area (Å²) in [6, 6.07) is 0. The number of carbonyl (C=O) groups is 2. The zero-order valence-electron chi connectivity index (χ0n) is 11.7. The van der Waals surface area contributed by atoms with Crippen molar-refractivity contribution in [2.75, 3.05) is 22.9 Å². The number of aromatic nitrogens is 1. The summed E-state index contributed by atoms with van der Waals surface area (Å²) in [5.74, 6) is -6.10. The van der Waals surface area contributed by atoms with Crippen molar-refractivity contribution in [2.45, 2.75) is 32.1 Å². The number of amides is 2. The highest BCUT2D eigenvalue weighted by Crippen LogP contribution is 2.34. The van der Waals surface area contributed by atoms with Gasteiger partial charge in [-0.25, -0.2) is 9.29 Å². The first-order valence-corrected chi connectivity index (χ1v) is 7.16. The van der Waals surface area contributed by atoms with E-state index in [1.165, 1.54) is 4.90 Å². The minimum Gasteiger partial charge on any atom is -0.354 e. The number of anilines is 2.